The number of piperidine rings is 1. The fourth-order valence-electron chi connectivity index (χ4n) is 1.92. The van der Waals surface area contributed by atoms with Crippen molar-refractivity contribution >= 4 is 5.91 Å². The van der Waals surface area contributed by atoms with Crippen molar-refractivity contribution in [2.24, 2.45) is 0 Å². The standard InChI is InChI=1S/C9H15FN2O2/c10-9(5-11-6-9)8(14)12-3-1-2-7(13)4-12/h7,11,13H,1-6H2. The summed E-state index contributed by atoms with van der Waals surface area (Å²) in [5.74, 6) is -0.463. The molecule has 2 rings (SSSR count). The van der Waals surface area contributed by atoms with E-state index in [1.807, 2.05) is 0 Å². The van der Waals surface area contributed by atoms with Gasteiger partial charge in [0.1, 0.15) is 0 Å². The lowest BCUT2D eigenvalue weighted by Crippen LogP contribution is -2.66. The molecule has 2 aliphatic rings. The van der Waals surface area contributed by atoms with Crippen molar-refractivity contribution in [3.05, 3.63) is 0 Å². The number of hydrogen-bond donors (Lipinski definition) is 2. The first-order chi connectivity index (χ1) is 6.62. The number of halogens is 1. The molecule has 0 spiro atoms. The third-order valence-electron chi connectivity index (χ3n) is 2.88. The van der Waals surface area contributed by atoms with Crippen LogP contribution >= 0.6 is 0 Å². The molecule has 2 fully saturated rings. The van der Waals surface area contributed by atoms with Gasteiger partial charge >= 0.3 is 0 Å². The molecule has 4 nitrogen and oxygen atoms in total. The van der Waals surface area contributed by atoms with E-state index in [1.54, 1.807) is 0 Å². The minimum Gasteiger partial charge on any atom is -0.391 e. The van der Waals surface area contributed by atoms with Gasteiger partial charge in [-0.05, 0) is 12.8 Å². The summed E-state index contributed by atoms with van der Waals surface area (Å²) in [6.07, 6.45) is 0.988. The molecule has 1 amide bonds. The molecule has 2 aliphatic heterocycles. The Morgan fingerprint density at radius 3 is 2.79 bits per heavy atom. The number of aliphatic hydroxyl groups excluding tert-OH is 1. The van der Waals surface area contributed by atoms with Crippen LogP contribution < -0.4 is 5.32 Å². The molecule has 1 atom stereocenters. The second kappa shape index (κ2) is 3.47. The topological polar surface area (TPSA) is 52.6 Å². The molecule has 2 saturated heterocycles. The fraction of sp³-hybridized carbons (Fsp3) is 0.889. The van der Waals surface area contributed by atoms with Crippen LogP contribution in [0.25, 0.3) is 0 Å². The van der Waals surface area contributed by atoms with Gasteiger partial charge in [0.05, 0.1) is 6.10 Å². The van der Waals surface area contributed by atoms with E-state index < -0.39 is 17.7 Å². The van der Waals surface area contributed by atoms with Crippen molar-refractivity contribution in [3.63, 3.8) is 0 Å². The first kappa shape index (κ1) is 9.86. The molecule has 0 radical (unpaired) electrons. The molecule has 0 aliphatic carbocycles. The molecular formula is C9H15FN2O2. The molecule has 5 heteroatoms. The average Bonchev–Trinajstić information content (AvgIpc) is 2.13. The number of rotatable bonds is 1. The van der Waals surface area contributed by atoms with E-state index in [-0.39, 0.29) is 19.6 Å². The highest BCUT2D eigenvalue weighted by atomic mass is 19.1. The second-order valence-corrected chi connectivity index (χ2v) is 4.12. The monoisotopic (exact) mass is 202 g/mol. The van der Waals surface area contributed by atoms with Crippen molar-refractivity contribution in [2.45, 2.75) is 24.6 Å². The number of carbonyl (C=O) groups is 1. The number of carbonyl (C=O) groups excluding carboxylic acids is 1. The maximum Gasteiger partial charge on any atom is 0.263 e. The van der Waals surface area contributed by atoms with Gasteiger partial charge in [0.2, 0.25) is 5.67 Å². The smallest absolute Gasteiger partial charge is 0.263 e. The Bertz CT molecular complexity index is 243. The van der Waals surface area contributed by atoms with Crippen molar-refractivity contribution in [1.82, 2.24) is 10.2 Å². The van der Waals surface area contributed by atoms with Gasteiger partial charge < -0.3 is 15.3 Å². The second-order valence-electron chi connectivity index (χ2n) is 4.12. The van der Waals surface area contributed by atoms with Crippen LogP contribution in [0.3, 0.4) is 0 Å². The van der Waals surface area contributed by atoms with Crippen molar-refractivity contribution < 1.29 is 14.3 Å². The SMILES string of the molecule is O=C(N1CCCC(O)C1)C1(F)CNC1. The van der Waals surface area contributed by atoms with Crippen LogP contribution in [-0.4, -0.2) is 53.9 Å². The van der Waals surface area contributed by atoms with Crippen LogP contribution in [0.5, 0.6) is 0 Å². The molecule has 14 heavy (non-hydrogen) atoms. The van der Waals surface area contributed by atoms with Gasteiger partial charge in [0.25, 0.3) is 5.91 Å². The summed E-state index contributed by atoms with van der Waals surface area (Å²) >= 11 is 0. The number of likely N-dealkylation sites (tertiary alicyclic amines) is 1. The van der Waals surface area contributed by atoms with Gasteiger partial charge in [-0.3, -0.25) is 4.79 Å². The van der Waals surface area contributed by atoms with E-state index in [0.29, 0.717) is 13.0 Å². The summed E-state index contributed by atoms with van der Waals surface area (Å²) in [7, 11) is 0. The minimum absolute atomic E-state index is 0.110. The zero-order valence-electron chi connectivity index (χ0n) is 8.00. The van der Waals surface area contributed by atoms with Crippen LogP contribution in [0.2, 0.25) is 0 Å². The number of nitrogens with one attached hydrogen (secondary N) is 1. The van der Waals surface area contributed by atoms with Crippen molar-refractivity contribution in [3.8, 4) is 0 Å². The largest absolute Gasteiger partial charge is 0.391 e. The number of nitrogens with zero attached hydrogens (tertiary/aromatic N) is 1. The third-order valence-corrected chi connectivity index (χ3v) is 2.88. The first-order valence-corrected chi connectivity index (χ1v) is 4.99. The minimum atomic E-state index is -1.71. The van der Waals surface area contributed by atoms with Crippen LogP contribution in [0.1, 0.15) is 12.8 Å². The van der Waals surface area contributed by atoms with Crippen LogP contribution in [0, 0.1) is 0 Å². The average molecular weight is 202 g/mol. The number of β-amino-alcohol motifs (C(OH)–C–C–N with tert-alkyl or cyclic N) is 1. The zero-order chi connectivity index (χ0) is 10.2. The van der Waals surface area contributed by atoms with Crippen LogP contribution in [0.15, 0.2) is 0 Å². The van der Waals surface area contributed by atoms with E-state index in [0.717, 1.165) is 6.42 Å². The molecule has 80 valence electrons. The maximum absolute atomic E-state index is 13.7. The highest BCUT2D eigenvalue weighted by Gasteiger charge is 2.47. The number of amides is 1. The van der Waals surface area contributed by atoms with E-state index in [1.165, 1.54) is 4.90 Å². The summed E-state index contributed by atoms with van der Waals surface area (Å²) in [6, 6.07) is 0. The van der Waals surface area contributed by atoms with E-state index in [2.05, 4.69) is 5.32 Å². The van der Waals surface area contributed by atoms with Gasteiger partial charge in [0, 0.05) is 26.2 Å². The summed E-state index contributed by atoms with van der Waals surface area (Å²) < 4.78 is 13.7. The number of alkyl halides is 1. The van der Waals surface area contributed by atoms with Gasteiger partial charge in [-0.2, -0.15) is 0 Å². The van der Waals surface area contributed by atoms with E-state index >= 15 is 0 Å². The molecule has 2 N–H and O–H groups in total. The predicted octanol–water partition coefficient (Wildman–Crippen LogP) is -0.719. The van der Waals surface area contributed by atoms with Crippen LogP contribution in [-0.2, 0) is 4.79 Å². The highest BCUT2D eigenvalue weighted by molar-refractivity contribution is 5.87. The predicted molar refractivity (Wildman–Crippen MR) is 48.5 cm³/mol. The number of aliphatic hydroxyl groups is 1. The lowest BCUT2D eigenvalue weighted by Gasteiger charge is -2.40. The van der Waals surface area contributed by atoms with Gasteiger partial charge in [-0.1, -0.05) is 0 Å². The summed E-state index contributed by atoms with van der Waals surface area (Å²) in [5, 5.41) is 12.1. The Morgan fingerprint density at radius 1 is 1.57 bits per heavy atom. The Labute approximate surface area is 82.1 Å². The molecule has 0 saturated carbocycles. The summed E-state index contributed by atoms with van der Waals surface area (Å²) in [4.78, 5) is 13.1. The van der Waals surface area contributed by atoms with Gasteiger partial charge in [-0.25, -0.2) is 4.39 Å². The van der Waals surface area contributed by atoms with E-state index in [9.17, 15) is 14.3 Å². The molecular weight excluding hydrogens is 187 g/mol. The van der Waals surface area contributed by atoms with Gasteiger partial charge in [-0.15, -0.1) is 0 Å². The lowest BCUT2D eigenvalue weighted by molar-refractivity contribution is -0.150. The van der Waals surface area contributed by atoms with Crippen LogP contribution in [0.4, 0.5) is 4.39 Å². The Hall–Kier alpha value is -0.680. The summed E-state index contributed by atoms with van der Waals surface area (Å²) in [6.45, 7) is 1.07. The number of hydrogen-bond acceptors (Lipinski definition) is 3. The van der Waals surface area contributed by atoms with Crippen molar-refractivity contribution in [2.75, 3.05) is 26.2 Å². The molecule has 2 heterocycles. The zero-order valence-corrected chi connectivity index (χ0v) is 8.00. The molecule has 0 aromatic rings. The van der Waals surface area contributed by atoms with E-state index in [4.69, 9.17) is 0 Å². The Kier molecular flexibility index (Phi) is 2.45. The molecule has 0 aromatic heterocycles. The molecule has 1 unspecified atom stereocenters. The molecule has 0 bridgehead atoms. The maximum atomic E-state index is 13.7. The Balaban J connectivity index is 1.96. The fourth-order valence-corrected chi connectivity index (χ4v) is 1.92. The normalized spacial score (nSPS) is 31.0. The quantitative estimate of drug-likeness (QED) is 0.590. The highest BCUT2D eigenvalue weighted by Crippen LogP contribution is 2.22. The van der Waals surface area contributed by atoms with Crippen molar-refractivity contribution in [1.29, 1.82) is 0 Å². The van der Waals surface area contributed by atoms with Gasteiger partial charge in [0.15, 0.2) is 0 Å². The summed E-state index contributed by atoms with van der Waals surface area (Å²) in [5.41, 5.74) is -1.71. The lowest BCUT2D eigenvalue weighted by atomic mass is 9.96. The Morgan fingerprint density at radius 2 is 2.29 bits per heavy atom. The third kappa shape index (κ3) is 1.62. The molecule has 0 aromatic carbocycles. The first-order valence-electron chi connectivity index (χ1n) is 4.99.